The number of hydrogen-bond donors (Lipinski definition) is 1. The lowest BCUT2D eigenvalue weighted by atomic mass is 10.1. The van der Waals surface area contributed by atoms with Crippen molar-refractivity contribution in [2.45, 2.75) is 33.2 Å². The lowest BCUT2D eigenvalue weighted by Gasteiger charge is -2.16. The third-order valence-electron chi connectivity index (χ3n) is 3.34. The predicted molar refractivity (Wildman–Crippen MR) is 79.9 cm³/mol. The molecule has 0 aliphatic rings. The zero-order valence-electron chi connectivity index (χ0n) is 12.0. The van der Waals surface area contributed by atoms with Crippen LogP contribution in [-0.2, 0) is 11.2 Å². The second kappa shape index (κ2) is 6.41. The molecule has 0 saturated heterocycles. The van der Waals surface area contributed by atoms with E-state index < -0.39 is 0 Å². The van der Waals surface area contributed by atoms with E-state index in [0.29, 0.717) is 12.6 Å². The van der Waals surface area contributed by atoms with Gasteiger partial charge in [-0.05, 0) is 26.0 Å². The van der Waals surface area contributed by atoms with Gasteiger partial charge in [0, 0.05) is 29.8 Å². The Kier molecular flexibility index (Phi) is 4.85. The number of methoxy groups -OCH3 is 1. The van der Waals surface area contributed by atoms with Gasteiger partial charge in [0.2, 0.25) is 0 Å². The monoisotopic (exact) mass is 279 g/mol. The molecule has 1 unspecified atom stereocenters. The number of rotatable bonds is 6. The fraction of sp³-hybridized carbons (Fsp3) is 0.571. The second-order valence-electron chi connectivity index (χ2n) is 4.70. The summed E-state index contributed by atoms with van der Waals surface area (Å²) in [6, 6.07) is 0.299. The fourth-order valence-electron chi connectivity index (χ4n) is 2.32. The molecule has 2 heterocycles. The van der Waals surface area contributed by atoms with Crippen molar-refractivity contribution in [1.29, 1.82) is 0 Å². The minimum Gasteiger partial charge on any atom is -0.383 e. The quantitative estimate of drug-likeness (QED) is 0.882. The van der Waals surface area contributed by atoms with E-state index in [1.807, 2.05) is 0 Å². The molecule has 0 aromatic carbocycles. The highest BCUT2D eigenvalue weighted by Gasteiger charge is 2.15. The lowest BCUT2D eigenvalue weighted by Crippen LogP contribution is -2.35. The third kappa shape index (κ3) is 3.11. The highest BCUT2D eigenvalue weighted by atomic mass is 32.1. The van der Waals surface area contributed by atoms with Crippen molar-refractivity contribution in [3.63, 3.8) is 0 Å². The molecule has 0 amide bonds. The first-order valence-corrected chi connectivity index (χ1v) is 7.40. The van der Waals surface area contributed by atoms with Crippen LogP contribution in [0.15, 0.2) is 6.33 Å². The smallest absolute Gasteiger partial charge is 0.127 e. The maximum Gasteiger partial charge on any atom is 0.127 e. The Bertz CT molecular complexity index is 547. The number of aryl methyl sites for hydroxylation is 2. The molecule has 2 aromatic rings. The summed E-state index contributed by atoms with van der Waals surface area (Å²) >= 11 is 1.74. The van der Waals surface area contributed by atoms with Gasteiger partial charge < -0.3 is 10.1 Å². The molecular formula is C14H21N3OS. The van der Waals surface area contributed by atoms with Gasteiger partial charge in [-0.1, -0.05) is 6.92 Å². The topological polar surface area (TPSA) is 47.0 Å². The number of fused-ring (bicyclic) bond motifs is 1. The molecule has 1 atom stereocenters. The zero-order chi connectivity index (χ0) is 13.8. The maximum atomic E-state index is 5.27. The summed E-state index contributed by atoms with van der Waals surface area (Å²) in [6.45, 7) is 8.03. The predicted octanol–water partition coefficient (Wildman–Crippen LogP) is 2.48. The SMILES string of the molecule is CCNC(COC)Cc1ncnc2sc(C)c(C)c12. The van der Waals surface area contributed by atoms with Crippen molar-refractivity contribution < 1.29 is 4.74 Å². The molecule has 0 aliphatic heterocycles. The molecular weight excluding hydrogens is 258 g/mol. The van der Waals surface area contributed by atoms with Gasteiger partial charge in [-0.15, -0.1) is 11.3 Å². The van der Waals surface area contributed by atoms with Crippen LogP contribution in [-0.4, -0.2) is 36.3 Å². The molecule has 0 bridgehead atoms. The molecule has 19 heavy (non-hydrogen) atoms. The standard InChI is InChI=1S/C14H21N3OS/c1-5-15-11(7-18-4)6-12-13-9(2)10(3)19-14(13)17-8-16-12/h8,11,15H,5-7H2,1-4H3. The Labute approximate surface area is 118 Å². The maximum absolute atomic E-state index is 5.27. The molecule has 2 rings (SSSR count). The van der Waals surface area contributed by atoms with Gasteiger partial charge >= 0.3 is 0 Å². The molecule has 4 nitrogen and oxygen atoms in total. The van der Waals surface area contributed by atoms with E-state index in [0.717, 1.165) is 23.5 Å². The first-order valence-electron chi connectivity index (χ1n) is 6.59. The molecule has 0 spiro atoms. The van der Waals surface area contributed by atoms with Gasteiger partial charge in [-0.25, -0.2) is 9.97 Å². The third-order valence-corrected chi connectivity index (χ3v) is 4.46. The van der Waals surface area contributed by atoms with Gasteiger partial charge in [0.15, 0.2) is 0 Å². The highest BCUT2D eigenvalue weighted by molar-refractivity contribution is 7.18. The van der Waals surface area contributed by atoms with Crippen molar-refractivity contribution >= 4 is 21.6 Å². The minimum absolute atomic E-state index is 0.299. The molecule has 0 aliphatic carbocycles. The molecule has 0 fully saturated rings. The number of nitrogens with one attached hydrogen (secondary N) is 1. The van der Waals surface area contributed by atoms with Crippen molar-refractivity contribution in [3.05, 3.63) is 22.5 Å². The van der Waals surface area contributed by atoms with E-state index >= 15 is 0 Å². The van der Waals surface area contributed by atoms with Crippen LogP contribution in [0, 0.1) is 13.8 Å². The van der Waals surface area contributed by atoms with Gasteiger partial charge in [0.25, 0.3) is 0 Å². The van der Waals surface area contributed by atoms with E-state index in [9.17, 15) is 0 Å². The summed E-state index contributed by atoms with van der Waals surface area (Å²) < 4.78 is 5.27. The van der Waals surface area contributed by atoms with Crippen LogP contribution in [0.3, 0.4) is 0 Å². The van der Waals surface area contributed by atoms with Crippen molar-refractivity contribution in [3.8, 4) is 0 Å². The van der Waals surface area contributed by atoms with Crippen LogP contribution >= 0.6 is 11.3 Å². The molecule has 2 aromatic heterocycles. The molecule has 1 N–H and O–H groups in total. The van der Waals surface area contributed by atoms with Crippen LogP contribution in [0.4, 0.5) is 0 Å². The average Bonchev–Trinajstić information content (AvgIpc) is 2.67. The molecule has 104 valence electrons. The van der Waals surface area contributed by atoms with Crippen LogP contribution in [0.5, 0.6) is 0 Å². The first kappa shape index (κ1) is 14.4. The zero-order valence-corrected chi connectivity index (χ0v) is 12.8. The Hall–Kier alpha value is -1.04. The van der Waals surface area contributed by atoms with Gasteiger partial charge in [0.05, 0.1) is 12.3 Å². The van der Waals surface area contributed by atoms with Crippen LogP contribution in [0.1, 0.15) is 23.1 Å². The number of nitrogens with zero attached hydrogens (tertiary/aromatic N) is 2. The molecule has 5 heteroatoms. The lowest BCUT2D eigenvalue weighted by molar-refractivity contribution is 0.166. The van der Waals surface area contributed by atoms with Crippen molar-refractivity contribution in [1.82, 2.24) is 15.3 Å². The number of thiophene rings is 1. The van der Waals surface area contributed by atoms with E-state index in [1.54, 1.807) is 24.8 Å². The number of ether oxygens (including phenoxy) is 1. The Morgan fingerprint density at radius 1 is 1.37 bits per heavy atom. The summed E-state index contributed by atoms with van der Waals surface area (Å²) in [7, 11) is 1.74. The number of hydrogen-bond acceptors (Lipinski definition) is 5. The number of likely N-dealkylation sites (N-methyl/N-ethyl adjacent to an activating group) is 1. The molecule has 0 radical (unpaired) electrons. The second-order valence-corrected chi connectivity index (χ2v) is 5.90. The van der Waals surface area contributed by atoms with E-state index in [1.165, 1.54) is 15.8 Å². The van der Waals surface area contributed by atoms with E-state index in [2.05, 4.69) is 36.1 Å². The summed E-state index contributed by atoms with van der Waals surface area (Å²) in [4.78, 5) is 11.3. The van der Waals surface area contributed by atoms with Crippen LogP contribution < -0.4 is 5.32 Å². The molecule has 0 saturated carbocycles. The first-order chi connectivity index (χ1) is 9.17. The van der Waals surface area contributed by atoms with E-state index in [4.69, 9.17) is 4.74 Å². The van der Waals surface area contributed by atoms with E-state index in [-0.39, 0.29) is 0 Å². The fourth-order valence-corrected chi connectivity index (χ4v) is 3.34. The largest absolute Gasteiger partial charge is 0.383 e. The van der Waals surface area contributed by atoms with Gasteiger partial charge in [-0.3, -0.25) is 0 Å². The summed E-state index contributed by atoms with van der Waals surface area (Å²) in [6.07, 6.45) is 2.54. The Morgan fingerprint density at radius 3 is 2.84 bits per heavy atom. The Morgan fingerprint density at radius 2 is 2.16 bits per heavy atom. The van der Waals surface area contributed by atoms with Gasteiger partial charge in [0.1, 0.15) is 11.2 Å². The summed E-state index contributed by atoms with van der Waals surface area (Å²) in [5, 5.41) is 4.67. The highest BCUT2D eigenvalue weighted by Crippen LogP contribution is 2.30. The van der Waals surface area contributed by atoms with Crippen LogP contribution in [0.25, 0.3) is 10.2 Å². The normalized spacial score (nSPS) is 13.1. The summed E-state index contributed by atoms with van der Waals surface area (Å²) in [5.74, 6) is 0. The minimum atomic E-state index is 0.299. The van der Waals surface area contributed by atoms with Crippen molar-refractivity contribution in [2.24, 2.45) is 0 Å². The Balaban J connectivity index is 2.33. The van der Waals surface area contributed by atoms with Crippen molar-refractivity contribution in [2.75, 3.05) is 20.3 Å². The van der Waals surface area contributed by atoms with Gasteiger partial charge in [-0.2, -0.15) is 0 Å². The number of aromatic nitrogens is 2. The van der Waals surface area contributed by atoms with Crippen LogP contribution in [0.2, 0.25) is 0 Å². The average molecular weight is 279 g/mol. The summed E-state index contributed by atoms with van der Waals surface area (Å²) in [5.41, 5.74) is 2.43.